The number of benzene rings is 2. The lowest BCUT2D eigenvalue weighted by Gasteiger charge is -2.25. The third-order valence-electron chi connectivity index (χ3n) is 5.86. The molecule has 5 rings (SSSR count). The third-order valence-corrected chi connectivity index (χ3v) is 6.26. The Bertz CT molecular complexity index is 1130. The van der Waals surface area contributed by atoms with Crippen LogP contribution in [0.5, 0.6) is 0 Å². The van der Waals surface area contributed by atoms with Gasteiger partial charge in [0.1, 0.15) is 17.9 Å². The third kappa shape index (κ3) is 3.80. The molecule has 0 aliphatic heterocycles. The lowest BCUT2D eigenvalue weighted by Crippen LogP contribution is -2.22. The SMILES string of the molecule is ClC1CCCC(CNc2ncnc3oc(-c4ccccc4)c(-c4ccccc4)c23)C1. The van der Waals surface area contributed by atoms with E-state index in [2.05, 4.69) is 39.6 Å². The summed E-state index contributed by atoms with van der Waals surface area (Å²) in [5, 5.41) is 4.80. The zero-order chi connectivity index (χ0) is 20.3. The molecular weight excluding hydrogens is 394 g/mol. The monoisotopic (exact) mass is 417 g/mol. The molecule has 5 heteroatoms. The molecule has 1 aliphatic carbocycles. The summed E-state index contributed by atoms with van der Waals surface area (Å²) in [6, 6.07) is 20.5. The molecule has 2 unspecified atom stereocenters. The van der Waals surface area contributed by atoms with Crippen molar-refractivity contribution in [2.75, 3.05) is 11.9 Å². The largest absolute Gasteiger partial charge is 0.437 e. The second-order valence-corrected chi connectivity index (χ2v) is 8.57. The molecule has 1 aliphatic rings. The lowest BCUT2D eigenvalue weighted by atomic mass is 9.89. The summed E-state index contributed by atoms with van der Waals surface area (Å²) in [6.45, 7) is 0.857. The van der Waals surface area contributed by atoms with Crippen molar-refractivity contribution in [3.05, 3.63) is 67.0 Å². The summed E-state index contributed by atoms with van der Waals surface area (Å²) in [6.07, 6.45) is 6.14. The Morgan fingerprint density at radius 1 is 0.933 bits per heavy atom. The van der Waals surface area contributed by atoms with Gasteiger partial charge in [-0.1, -0.05) is 67.1 Å². The minimum atomic E-state index is 0.287. The van der Waals surface area contributed by atoms with Crippen LogP contribution >= 0.6 is 11.6 Å². The molecule has 2 aromatic heterocycles. The van der Waals surface area contributed by atoms with E-state index in [1.54, 1.807) is 6.33 Å². The second kappa shape index (κ2) is 8.49. The maximum absolute atomic E-state index is 6.40. The van der Waals surface area contributed by atoms with Gasteiger partial charge in [0.2, 0.25) is 5.71 Å². The van der Waals surface area contributed by atoms with E-state index in [0.717, 1.165) is 53.0 Å². The number of rotatable bonds is 5. The van der Waals surface area contributed by atoms with Gasteiger partial charge < -0.3 is 9.73 Å². The molecule has 152 valence electrons. The molecule has 0 amide bonds. The number of alkyl halides is 1. The van der Waals surface area contributed by atoms with Gasteiger partial charge in [-0.25, -0.2) is 9.97 Å². The van der Waals surface area contributed by atoms with E-state index in [0.29, 0.717) is 11.6 Å². The van der Waals surface area contributed by atoms with E-state index in [-0.39, 0.29) is 5.38 Å². The highest BCUT2D eigenvalue weighted by Gasteiger charge is 2.24. The number of hydrogen-bond acceptors (Lipinski definition) is 4. The van der Waals surface area contributed by atoms with Crippen molar-refractivity contribution < 1.29 is 4.42 Å². The molecule has 0 spiro atoms. The fourth-order valence-electron chi connectivity index (χ4n) is 4.39. The van der Waals surface area contributed by atoms with Crippen molar-refractivity contribution in [2.45, 2.75) is 31.1 Å². The number of nitrogens with one attached hydrogen (secondary N) is 1. The minimum Gasteiger partial charge on any atom is -0.437 e. The normalized spacial score (nSPS) is 19.1. The molecule has 4 nitrogen and oxygen atoms in total. The standard InChI is InChI=1S/C25H24ClN3O/c26-20-13-7-8-17(14-20)15-27-24-22-21(18-9-3-1-4-10-18)23(19-11-5-2-6-12-19)30-25(22)29-16-28-24/h1-6,9-12,16-17,20H,7-8,13-15H2,(H,27,28,29). The highest BCUT2D eigenvalue weighted by Crippen LogP contribution is 2.42. The fraction of sp³-hybridized carbons (Fsp3) is 0.280. The Balaban J connectivity index is 1.60. The highest BCUT2D eigenvalue weighted by molar-refractivity contribution is 6.20. The average Bonchev–Trinajstić information content (AvgIpc) is 3.19. The zero-order valence-corrected chi connectivity index (χ0v) is 17.5. The van der Waals surface area contributed by atoms with Crippen LogP contribution in [0.4, 0.5) is 5.82 Å². The molecule has 30 heavy (non-hydrogen) atoms. The molecule has 2 atom stereocenters. The van der Waals surface area contributed by atoms with Crippen LogP contribution in [0.25, 0.3) is 33.6 Å². The molecule has 2 heterocycles. The predicted molar refractivity (Wildman–Crippen MR) is 123 cm³/mol. The van der Waals surface area contributed by atoms with E-state index < -0.39 is 0 Å². The van der Waals surface area contributed by atoms with E-state index in [1.165, 1.54) is 12.8 Å². The maximum Gasteiger partial charge on any atom is 0.232 e. The van der Waals surface area contributed by atoms with E-state index in [1.807, 2.05) is 36.4 Å². The summed E-state index contributed by atoms with van der Waals surface area (Å²) < 4.78 is 6.28. The Hall–Kier alpha value is -2.85. The lowest BCUT2D eigenvalue weighted by molar-refractivity contribution is 0.378. The molecule has 0 bridgehead atoms. The van der Waals surface area contributed by atoms with Gasteiger partial charge in [0, 0.05) is 23.0 Å². The van der Waals surface area contributed by atoms with Crippen molar-refractivity contribution in [3.8, 4) is 22.5 Å². The number of aromatic nitrogens is 2. The number of hydrogen-bond donors (Lipinski definition) is 1. The molecule has 0 saturated heterocycles. The second-order valence-electron chi connectivity index (χ2n) is 7.95. The van der Waals surface area contributed by atoms with Gasteiger partial charge in [0.05, 0.1) is 5.39 Å². The summed E-state index contributed by atoms with van der Waals surface area (Å²) in [7, 11) is 0. The van der Waals surface area contributed by atoms with Crippen LogP contribution in [0, 0.1) is 5.92 Å². The smallest absolute Gasteiger partial charge is 0.232 e. The Kier molecular flexibility index (Phi) is 5.41. The minimum absolute atomic E-state index is 0.287. The topological polar surface area (TPSA) is 51.0 Å². The summed E-state index contributed by atoms with van der Waals surface area (Å²) in [5.41, 5.74) is 3.74. The van der Waals surface area contributed by atoms with Gasteiger partial charge >= 0.3 is 0 Å². The Morgan fingerprint density at radius 3 is 2.40 bits per heavy atom. The van der Waals surface area contributed by atoms with Crippen molar-refractivity contribution in [2.24, 2.45) is 5.92 Å². The molecular formula is C25H24ClN3O. The zero-order valence-electron chi connectivity index (χ0n) is 16.7. The maximum atomic E-state index is 6.40. The van der Waals surface area contributed by atoms with Crippen LogP contribution in [0.15, 0.2) is 71.4 Å². The van der Waals surface area contributed by atoms with Crippen LogP contribution in [0.2, 0.25) is 0 Å². The first-order valence-corrected chi connectivity index (χ1v) is 11.0. The van der Waals surface area contributed by atoms with Crippen molar-refractivity contribution in [1.29, 1.82) is 0 Å². The fourth-order valence-corrected chi connectivity index (χ4v) is 4.80. The van der Waals surface area contributed by atoms with Crippen molar-refractivity contribution in [1.82, 2.24) is 9.97 Å². The molecule has 1 fully saturated rings. The number of anilines is 1. The first kappa shape index (κ1) is 19.1. The van der Waals surface area contributed by atoms with Gasteiger partial charge in [0.15, 0.2) is 0 Å². The average molecular weight is 418 g/mol. The summed E-state index contributed by atoms with van der Waals surface area (Å²) in [5.74, 6) is 2.20. The number of nitrogens with zero attached hydrogens (tertiary/aromatic N) is 2. The first-order valence-electron chi connectivity index (χ1n) is 10.6. The van der Waals surface area contributed by atoms with Gasteiger partial charge in [-0.05, 0) is 30.7 Å². The van der Waals surface area contributed by atoms with E-state index in [4.69, 9.17) is 16.0 Å². The quantitative estimate of drug-likeness (QED) is 0.364. The number of furan rings is 1. The van der Waals surface area contributed by atoms with E-state index in [9.17, 15) is 0 Å². The van der Waals surface area contributed by atoms with Gasteiger partial charge in [-0.3, -0.25) is 0 Å². The Morgan fingerprint density at radius 2 is 1.67 bits per heavy atom. The number of halogens is 1. The molecule has 1 N–H and O–H groups in total. The molecule has 1 saturated carbocycles. The molecule has 4 aromatic rings. The first-order chi connectivity index (χ1) is 14.8. The van der Waals surface area contributed by atoms with Gasteiger partial charge in [-0.15, -0.1) is 11.6 Å². The van der Waals surface area contributed by atoms with Crippen molar-refractivity contribution in [3.63, 3.8) is 0 Å². The van der Waals surface area contributed by atoms with Crippen LogP contribution < -0.4 is 5.32 Å². The van der Waals surface area contributed by atoms with Gasteiger partial charge in [0.25, 0.3) is 0 Å². The molecule has 2 aromatic carbocycles. The number of fused-ring (bicyclic) bond motifs is 1. The van der Waals surface area contributed by atoms with E-state index >= 15 is 0 Å². The van der Waals surface area contributed by atoms with Gasteiger partial charge in [-0.2, -0.15) is 0 Å². The van der Waals surface area contributed by atoms with Crippen molar-refractivity contribution >= 4 is 28.5 Å². The highest BCUT2D eigenvalue weighted by atomic mass is 35.5. The summed E-state index contributed by atoms with van der Waals surface area (Å²) in [4.78, 5) is 9.03. The summed E-state index contributed by atoms with van der Waals surface area (Å²) >= 11 is 6.40. The van der Waals surface area contributed by atoms with Crippen LogP contribution in [-0.4, -0.2) is 21.9 Å². The molecule has 0 radical (unpaired) electrons. The van der Waals surface area contributed by atoms with Crippen LogP contribution in [0.3, 0.4) is 0 Å². The van der Waals surface area contributed by atoms with Crippen LogP contribution in [-0.2, 0) is 0 Å². The predicted octanol–water partition coefficient (Wildman–Crippen LogP) is 6.77. The van der Waals surface area contributed by atoms with Crippen LogP contribution in [0.1, 0.15) is 25.7 Å². The Labute approximate surface area is 181 Å².